The van der Waals surface area contributed by atoms with Crippen LogP contribution < -0.4 is 10.9 Å². The van der Waals surface area contributed by atoms with Crippen LogP contribution in [0.1, 0.15) is 54.1 Å². The maximum absolute atomic E-state index is 12.6. The zero-order valence-electron chi connectivity index (χ0n) is 22.9. The van der Waals surface area contributed by atoms with Gasteiger partial charge in [0.05, 0.1) is 49.9 Å². The van der Waals surface area contributed by atoms with Gasteiger partial charge in [-0.2, -0.15) is 4.98 Å². The highest BCUT2D eigenvalue weighted by molar-refractivity contribution is 6.21. The summed E-state index contributed by atoms with van der Waals surface area (Å²) in [6.07, 6.45) is -1.34. The largest absolute Gasteiger partial charge is 0.388 e. The van der Waals surface area contributed by atoms with E-state index in [-0.39, 0.29) is 67.1 Å². The number of rotatable bonds is 11. The lowest BCUT2D eigenvalue weighted by molar-refractivity contribution is -0.118. The van der Waals surface area contributed by atoms with Gasteiger partial charge in [-0.3, -0.25) is 38.9 Å². The molecule has 5 rings (SSSR count). The molecular formula is C27H32N6O8. The highest BCUT2D eigenvalue weighted by Crippen LogP contribution is 2.34. The molecule has 3 aromatic rings. The van der Waals surface area contributed by atoms with Crippen LogP contribution in [-0.4, -0.2) is 91.9 Å². The Morgan fingerprint density at radius 2 is 1.85 bits per heavy atom. The van der Waals surface area contributed by atoms with E-state index < -0.39 is 30.1 Å². The summed E-state index contributed by atoms with van der Waals surface area (Å²) >= 11 is 0. The van der Waals surface area contributed by atoms with E-state index >= 15 is 0 Å². The van der Waals surface area contributed by atoms with Crippen molar-refractivity contribution in [1.82, 2.24) is 24.4 Å². The number of nitrogens with zero attached hydrogens (tertiary/aromatic N) is 4. The van der Waals surface area contributed by atoms with Crippen LogP contribution in [0, 0.1) is 5.92 Å². The lowest BCUT2D eigenvalue weighted by atomic mass is 10.1. The number of aliphatic hydroxyl groups excluding tert-OH is 1. The average Bonchev–Trinajstić information content (AvgIpc) is 3.59. The van der Waals surface area contributed by atoms with Crippen molar-refractivity contribution in [3.8, 4) is 0 Å². The number of amides is 3. The number of ether oxygens (including phenoxy) is 3. The van der Waals surface area contributed by atoms with Crippen molar-refractivity contribution in [2.24, 2.45) is 5.92 Å². The highest BCUT2D eigenvalue weighted by Gasteiger charge is 2.45. The third kappa shape index (κ3) is 5.51. The van der Waals surface area contributed by atoms with Crippen molar-refractivity contribution in [1.29, 1.82) is 0 Å². The van der Waals surface area contributed by atoms with Crippen LogP contribution >= 0.6 is 0 Å². The van der Waals surface area contributed by atoms with Crippen LogP contribution in [0.15, 0.2) is 35.4 Å². The number of aromatic amines is 1. The first-order chi connectivity index (χ1) is 19.7. The number of hydrogen-bond acceptors (Lipinski definition) is 10. The van der Waals surface area contributed by atoms with E-state index in [0.29, 0.717) is 17.5 Å². The number of carbonyl (C=O) groups excluding carboxylic acids is 3. The van der Waals surface area contributed by atoms with Gasteiger partial charge < -0.3 is 19.3 Å². The lowest BCUT2D eigenvalue weighted by Crippen LogP contribution is -2.35. The third-order valence-electron chi connectivity index (χ3n) is 7.06. The van der Waals surface area contributed by atoms with Crippen LogP contribution in [0.5, 0.6) is 0 Å². The normalized spacial score (nSPS) is 22.2. The zero-order valence-corrected chi connectivity index (χ0v) is 22.9. The predicted octanol–water partition coefficient (Wildman–Crippen LogP) is 1.08. The first-order valence-electron chi connectivity index (χ1n) is 13.5. The van der Waals surface area contributed by atoms with Gasteiger partial charge in [-0.15, -0.1) is 0 Å². The van der Waals surface area contributed by atoms with Gasteiger partial charge in [0.1, 0.15) is 12.2 Å². The molecule has 4 heterocycles. The highest BCUT2D eigenvalue weighted by atomic mass is 16.6. The Morgan fingerprint density at radius 1 is 1.15 bits per heavy atom. The van der Waals surface area contributed by atoms with E-state index in [9.17, 15) is 24.3 Å². The molecular weight excluding hydrogens is 536 g/mol. The van der Waals surface area contributed by atoms with Crippen LogP contribution in [-0.2, 0) is 19.0 Å². The van der Waals surface area contributed by atoms with Crippen molar-refractivity contribution in [3.05, 3.63) is 52.1 Å². The number of anilines is 1. The Hall–Kier alpha value is -3.98. The molecule has 3 N–H and O–H groups in total. The van der Waals surface area contributed by atoms with Crippen molar-refractivity contribution < 1.29 is 33.7 Å². The standard InChI is InChI=1S/C27H32N6O8/c1-4-17-19(34)20(40-12-11-39-10-9-32-24(37)15-7-5-6-8-16(15)25(32)38)26(41-17)33-13-28-18-21(33)29-27(31-23(18)36)30-22(35)14(2)3/h5-8,13-14,17,19-20,26,34H,4,9-12H2,1-3H3,(H2,29,30,31,35,36)/t17-,19?,20+,26-/m1/s1. The fourth-order valence-electron chi connectivity index (χ4n) is 4.84. The summed E-state index contributed by atoms with van der Waals surface area (Å²) in [4.78, 5) is 61.9. The molecule has 1 unspecified atom stereocenters. The molecule has 2 aromatic heterocycles. The van der Waals surface area contributed by atoms with Gasteiger partial charge in [0.15, 0.2) is 17.4 Å². The molecule has 2 aliphatic rings. The van der Waals surface area contributed by atoms with E-state index in [1.54, 1.807) is 38.1 Å². The second-order valence-electron chi connectivity index (χ2n) is 10.1. The summed E-state index contributed by atoms with van der Waals surface area (Å²) in [6.45, 7) is 5.71. The number of H-pyrrole nitrogens is 1. The number of aromatic nitrogens is 4. The Kier molecular flexibility index (Phi) is 8.26. The molecule has 0 radical (unpaired) electrons. The number of hydrogen-bond donors (Lipinski definition) is 3. The molecule has 14 heteroatoms. The summed E-state index contributed by atoms with van der Waals surface area (Å²) in [5.41, 5.74) is 0.423. The number of aliphatic hydroxyl groups is 1. The number of benzene rings is 1. The average molecular weight is 569 g/mol. The summed E-state index contributed by atoms with van der Waals surface area (Å²) in [7, 11) is 0. The monoisotopic (exact) mass is 568 g/mol. The second-order valence-corrected chi connectivity index (χ2v) is 10.1. The molecule has 2 aliphatic heterocycles. The van der Waals surface area contributed by atoms with Gasteiger partial charge in [0, 0.05) is 5.92 Å². The molecule has 0 bridgehead atoms. The SMILES string of the molecule is CC[C@H]1O[C@@H](n2cnc3c(=O)[nH]c(NC(=O)C(C)C)nc32)[C@@H](OCCOCCN2C(=O)c3ccccc3C2=O)C1O. The van der Waals surface area contributed by atoms with Crippen LogP contribution in [0.2, 0.25) is 0 Å². The fraction of sp³-hybridized carbons (Fsp3) is 0.481. The quantitative estimate of drug-likeness (QED) is 0.224. The molecule has 14 nitrogen and oxygen atoms in total. The predicted molar refractivity (Wildman–Crippen MR) is 144 cm³/mol. The zero-order chi connectivity index (χ0) is 29.3. The summed E-state index contributed by atoms with van der Waals surface area (Å²) in [5.74, 6) is -1.37. The number of carbonyl (C=O) groups is 3. The van der Waals surface area contributed by atoms with Gasteiger partial charge in [-0.25, -0.2) is 4.98 Å². The topological polar surface area (TPSA) is 178 Å². The van der Waals surface area contributed by atoms with Crippen molar-refractivity contribution in [2.75, 3.05) is 31.7 Å². The molecule has 41 heavy (non-hydrogen) atoms. The van der Waals surface area contributed by atoms with Gasteiger partial charge in [-0.05, 0) is 18.6 Å². The molecule has 0 saturated carbocycles. The Labute approximate surface area is 234 Å². The number of imidazole rings is 1. The maximum Gasteiger partial charge on any atom is 0.280 e. The van der Waals surface area contributed by atoms with Crippen molar-refractivity contribution >= 4 is 34.8 Å². The van der Waals surface area contributed by atoms with E-state index in [0.717, 1.165) is 4.90 Å². The van der Waals surface area contributed by atoms with Crippen LogP contribution in [0.4, 0.5) is 5.95 Å². The summed E-state index contributed by atoms with van der Waals surface area (Å²) in [6, 6.07) is 6.67. The molecule has 0 spiro atoms. The minimum absolute atomic E-state index is 0.0301. The summed E-state index contributed by atoms with van der Waals surface area (Å²) in [5, 5.41) is 13.5. The summed E-state index contributed by atoms with van der Waals surface area (Å²) < 4.78 is 19.2. The Morgan fingerprint density at radius 3 is 2.51 bits per heavy atom. The van der Waals surface area contributed by atoms with Crippen molar-refractivity contribution in [3.63, 3.8) is 0 Å². The van der Waals surface area contributed by atoms with E-state index in [4.69, 9.17) is 14.2 Å². The maximum atomic E-state index is 12.6. The van der Waals surface area contributed by atoms with Gasteiger partial charge >= 0.3 is 0 Å². The Balaban J connectivity index is 1.22. The fourth-order valence-corrected chi connectivity index (χ4v) is 4.84. The molecule has 218 valence electrons. The number of fused-ring (bicyclic) bond motifs is 2. The third-order valence-corrected chi connectivity index (χ3v) is 7.06. The lowest BCUT2D eigenvalue weighted by Gasteiger charge is -2.22. The Bertz CT molecular complexity index is 1480. The van der Waals surface area contributed by atoms with Crippen molar-refractivity contribution in [2.45, 2.75) is 51.7 Å². The molecule has 0 aliphatic carbocycles. The van der Waals surface area contributed by atoms with Gasteiger partial charge in [0.2, 0.25) is 11.9 Å². The first-order valence-corrected chi connectivity index (χ1v) is 13.5. The van der Waals surface area contributed by atoms with Crippen LogP contribution in [0.3, 0.4) is 0 Å². The van der Waals surface area contributed by atoms with E-state index in [1.165, 1.54) is 10.9 Å². The minimum Gasteiger partial charge on any atom is -0.388 e. The van der Waals surface area contributed by atoms with Gasteiger partial charge in [0.25, 0.3) is 17.4 Å². The first kappa shape index (κ1) is 28.5. The van der Waals surface area contributed by atoms with Crippen LogP contribution in [0.25, 0.3) is 11.2 Å². The molecule has 4 atom stereocenters. The number of imide groups is 1. The van der Waals surface area contributed by atoms with E-state index in [2.05, 4.69) is 20.3 Å². The van der Waals surface area contributed by atoms with Gasteiger partial charge in [-0.1, -0.05) is 32.9 Å². The molecule has 1 fully saturated rings. The molecule has 1 aromatic carbocycles. The molecule has 1 saturated heterocycles. The second kappa shape index (κ2) is 11.9. The number of nitrogens with one attached hydrogen (secondary N) is 2. The van der Waals surface area contributed by atoms with E-state index in [1.807, 2.05) is 6.92 Å². The minimum atomic E-state index is -0.983. The molecule has 3 amide bonds. The smallest absolute Gasteiger partial charge is 0.280 e.